The van der Waals surface area contributed by atoms with Crippen LogP contribution in [0.25, 0.3) is 0 Å². The van der Waals surface area contributed by atoms with Crippen LogP contribution in [0.1, 0.15) is 36.5 Å². The van der Waals surface area contributed by atoms with Crippen LogP contribution in [0.5, 0.6) is 0 Å². The predicted molar refractivity (Wildman–Crippen MR) is 96.2 cm³/mol. The number of rotatable bonds is 4. The Morgan fingerprint density at radius 3 is 2.44 bits per heavy atom. The van der Waals surface area contributed by atoms with Crippen molar-refractivity contribution >= 4 is 11.8 Å². The fourth-order valence-corrected chi connectivity index (χ4v) is 3.93. The van der Waals surface area contributed by atoms with Crippen molar-refractivity contribution in [2.45, 2.75) is 26.2 Å². The van der Waals surface area contributed by atoms with E-state index in [1.807, 2.05) is 40.1 Å². The van der Waals surface area contributed by atoms with Gasteiger partial charge in [-0.3, -0.25) is 9.59 Å². The van der Waals surface area contributed by atoms with E-state index >= 15 is 0 Å². The third-order valence-electron chi connectivity index (χ3n) is 5.52. The largest absolute Gasteiger partial charge is 0.378 e. The van der Waals surface area contributed by atoms with E-state index in [1.165, 1.54) is 0 Å². The molecule has 1 aromatic rings. The average molecular weight is 344 g/mol. The molecule has 0 radical (unpaired) electrons. The number of likely N-dealkylation sites (tertiary alicyclic amines) is 1. The number of piperidine rings is 1. The van der Waals surface area contributed by atoms with Gasteiger partial charge in [0.25, 0.3) is 5.91 Å². The summed E-state index contributed by atoms with van der Waals surface area (Å²) >= 11 is 0. The SMILES string of the molecule is CC[C@H]1CN(C(=O)c2ccccc2)CC[C@H]1CC(=O)N1CCOCC1. The molecule has 2 fully saturated rings. The Hall–Kier alpha value is -1.88. The van der Waals surface area contributed by atoms with Gasteiger partial charge in [0, 0.05) is 38.2 Å². The van der Waals surface area contributed by atoms with Crippen molar-refractivity contribution in [3.05, 3.63) is 35.9 Å². The molecule has 2 heterocycles. The molecule has 0 saturated carbocycles. The van der Waals surface area contributed by atoms with E-state index in [-0.39, 0.29) is 11.8 Å². The lowest BCUT2D eigenvalue weighted by Crippen LogP contribution is -2.46. The Labute approximate surface area is 149 Å². The van der Waals surface area contributed by atoms with E-state index in [0.717, 1.165) is 31.5 Å². The molecule has 0 aromatic heterocycles. The van der Waals surface area contributed by atoms with E-state index in [4.69, 9.17) is 4.74 Å². The van der Waals surface area contributed by atoms with Crippen LogP contribution >= 0.6 is 0 Å². The molecule has 2 aliphatic rings. The molecule has 0 unspecified atom stereocenters. The third kappa shape index (κ3) is 4.40. The van der Waals surface area contributed by atoms with Gasteiger partial charge in [0.2, 0.25) is 5.91 Å². The molecule has 0 aliphatic carbocycles. The van der Waals surface area contributed by atoms with Crippen molar-refractivity contribution in [3.8, 4) is 0 Å². The zero-order valence-corrected chi connectivity index (χ0v) is 15.0. The molecule has 2 atom stereocenters. The Morgan fingerprint density at radius 1 is 1.04 bits per heavy atom. The van der Waals surface area contributed by atoms with Crippen molar-refractivity contribution in [2.24, 2.45) is 11.8 Å². The summed E-state index contributed by atoms with van der Waals surface area (Å²) in [6.07, 6.45) is 2.51. The standard InChI is InChI=1S/C20H28N2O3/c1-2-16-15-22(20(24)17-6-4-3-5-7-17)9-8-18(16)14-19(23)21-10-12-25-13-11-21/h3-7,16,18H,2,8-15H2,1H3/t16-,18-/m0/s1. The number of amides is 2. The lowest BCUT2D eigenvalue weighted by molar-refractivity contribution is -0.137. The van der Waals surface area contributed by atoms with E-state index < -0.39 is 0 Å². The summed E-state index contributed by atoms with van der Waals surface area (Å²) in [5.74, 6) is 1.12. The van der Waals surface area contributed by atoms with Gasteiger partial charge in [0.15, 0.2) is 0 Å². The fourth-order valence-electron chi connectivity index (χ4n) is 3.93. The second-order valence-corrected chi connectivity index (χ2v) is 7.03. The van der Waals surface area contributed by atoms with Crippen LogP contribution in [-0.4, -0.2) is 61.0 Å². The van der Waals surface area contributed by atoms with Crippen molar-refractivity contribution in [2.75, 3.05) is 39.4 Å². The second-order valence-electron chi connectivity index (χ2n) is 7.03. The maximum Gasteiger partial charge on any atom is 0.253 e. The number of carbonyl (C=O) groups is 2. The summed E-state index contributed by atoms with van der Waals surface area (Å²) in [5.41, 5.74) is 0.750. The quantitative estimate of drug-likeness (QED) is 0.843. The number of nitrogens with zero attached hydrogens (tertiary/aromatic N) is 2. The highest BCUT2D eigenvalue weighted by Crippen LogP contribution is 2.30. The van der Waals surface area contributed by atoms with E-state index in [9.17, 15) is 9.59 Å². The molecule has 5 nitrogen and oxygen atoms in total. The summed E-state index contributed by atoms with van der Waals surface area (Å²) < 4.78 is 5.33. The topological polar surface area (TPSA) is 49.9 Å². The number of hydrogen-bond donors (Lipinski definition) is 0. The molecule has 2 aliphatic heterocycles. The average Bonchev–Trinajstić information content (AvgIpc) is 2.69. The maximum atomic E-state index is 12.7. The zero-order chi connectivity index (χ0) is 17.6. The molecule has 25 heavy (non-hydrogen) atoms. The first-order valence-electron chi connectivity index (χ1n) is 9.39. The van der Waals surface area contributed by atoms with Crippen molar-refractivity contribution in [1.82, 2.24) is 9.80 Å². The second kappa shape index (κ2) is 8.48. The zero-order valence-electron chi connectivity index (χ0n) is 15.0. The molecule has 2 saturated heterocycles. The normalized spacial score (nSPS) is 24.2. The van der Waals surface area contributed by atoms with Gasteiger partial charge in [-0.2, -0.15) is 0 Å². The maximum absolute atomic E-state index is 12.7. The van der Waals surface area contributed by atoms with Crippen LogP contribution in [0.4, 0.5) is 0 Å². The van der Waals surface area contributed by atoms with Crippen LogP contribution in [0.15, 0.2) is 30.3 Å². The number of morpholine rings is 1. The molecular formula is C20H28N2O3. The number of carbonyl (C=O) groups excluding carboxylic acids is 2. The molecule has 2 amide bonds. The summed E-state index contributed by atoms with van der Waals surface area (Å²) in [4.78, 5) is 29.1. The van der Waals surface area contributed by atoms with Crippen molar-refractivity contribution in [3.63, 3.8) is 0 Å². The minimum Gasteiger partial charge on any atom is -0.378 e. The van der Waals surface area contributed by atoms with Gasteiger partial charge in [-0.25, -0.2) is 0 Å². The van der Waals surface area contributed by atoms with E-state index in [1.54, 1.807) is 0 Å². The van der Waals surface area contributed by atoms with Crippen LogP contribution < -0.4 is 0 Å². The minimum absolute atomic E-state index is 0.108. The first kappa shape index (κ1) is 17.9. The highest BCUT2D eigenvalue weighted by atomic mass is 16.5. The summed E-state index contributed by atoms with van der Waals surface area (Å²) in [5, 5.41) is 0. The minimum atomic E-state index is 0.108. The first-order valence-corrected chi connectivity index (χ1v) is 9.39. The molecule has 0 spiro atoms. The Balaban J connectivity index is 1.58. The predicted octanol–water partition coefficient (Wildman–Crippen LogP) is 2.42. The van der Waals surface area contributed by atoms with Crippen LogP contribution in [-0.2, 0) is 9.53 Å². The third-order valence-corrected chi connectivity index (χ3v) is 5.52. The highest BCUT2D eigenvalue weighted by Gasteiger charge is 2.33. The van der Waals surface area contributed by atoms with Crippen LogP contribution in [0, 0.1) is 11.8 Å². The molecule has 0 N–H and O–H groups in total. The van der Waals surface area contributed by atoms with Gasteiger partial charge in [-0.15, -0.1) is 0 Å². The fraction of sp³-hybridized carbons (Fsp3) is 0.600. The number of hydrogen-bond acceptors (Lipinski definition) is 3. The Morgan fingerprint density at radius 2 is 1.76 bits per heavy atom. The summed E-state index contributed by atoms with van der Waals surface area (Å²) in [7, 11) is 0. The van der Waals surface area contributed by atoms with Gasteiger partial charge in [-0.1, -0.05) is 31.5 Å². The number of benzene rings is 1. The lowest BCUT2D eigenvalue weighted by Gasteiger charge is -2.39. The van der Waals surface area contributed by atoms with Gasteiger partial charge in [-0.05, 0) is 30.4 Å². The van der Waals surface area contributed by atoms with Gasteiger partial charge >= 0.3 is 0 Å². The van der Waals surface area contributed by atoms with E-state index in [2.05, 4.69) is 6.92 Å². The monoisotopic (exact) mass is 344 g/mol. The summed E-state index contributed by atoms with van der Waals surface area (Å²) in [6.45, 7) is 6.37. The van der Waals surface area contributed by atoms with Crippen LogP contribution in [0.3, 0.4) is 0 Å². The van der Waals surface area contributed by atoms with E-state index in [0.29, 0.717) is 44.6 Å². The van der Waals surface area contributed by atoms with Gasteiger partial charge in [0.1, 0.15) is 0 Å². The lowest BCUT2D eigenvalue weighted by atomic mass is 9.81. The van der Waals surface area contributed by atoms with Crippen molar-refractivity contribution in [1.29, 1.82) is 0 Å². The van der Waals surface area contributed by atoms with Crippen LogP contribution in [0.2, 0.25) is 0 Å². The Kier molecular flexibility index (Phi) is 6.08. The first-order chi connectivity index (χ1) is 12.2. The van der Waals surface area contributed by atoms with Gasteiger partial charge < -0.3 is 14.5 Å². The number of ether oxygens (including phenoxy) is 1. The molecule has 5 heteroatoms. The van der Waals surface area contributed by atoms with Gasteiger partial charge in [0.05, 0.1) is 13.2 Å². The molecule has 1 aromatic carbocycles. The van der Waals surface area contributed by atoms with Crippen molar-refractivity contribution < 1.29 is 14.3 Å². The smallest absolute Gasteiger partial charge is 0.253 e. The molecule has 0 bridgehead atoms. The molecule has 136 valence electrons. The molecular weight excluding hydrogens is 316 g/mol. The Bertz CT molecular complexity index is 584. The molecule has 3 rings (SSSR count). The highest BCUT2D eigenvalue weighted by molar-refractivity contribution is 5.94. The summed E-state index contributed by atoms with van der Waals surface area (Å²) in [6, 6.07) is 9.47.